The molecule has 1 unspecified atom stereocenters. The number of amides is 1. The number of carbonyl (C=O) groups excluding carboxylic acids is 1. The second-order valence-corrected chi connectivity index (χ2v) is 4.06. The first-order valence-electron chi connectivity index (χ1n) is 5.81. The first-order valence-corrected chi connectivity index (χ1v) is 5.81. The number of likely N-dealkylation sites (N-methyl/N-ethyl adjacent to an activating group) is 1. The molecule has 6 heteroatoms. The molecule has 0 radical (unpaired) electrons. The molecular weight excluding hydrogens is 268 g/mol. The van der Waals surface area contributed by atoms with Crippen LogP contribution in [0.2, 0.25) is 0 Å². The number of rotatable bonds is 6. The van der Waals surface area contributed by atoms with E-state index in [1.807, 2.05) is 19.1 Å². The van der Waals surface area contributed by atoms with Crippen molar-refractivity contribution in [3.8, 4) is 11.5 Å². The molecular formula is C13H21ClN2O3. The summed E-state index contributed by atoms with van der Waals surface area (Å²) in [5.41, 5.74) is 5.50. The van der Waals surface area contributed by atoms with E-state index in [1.165, 1.54) is 0 Å². The van der Waals surface area contributed by atoms with Crippen molar-refractivity contribution in [3.63, 3.8) is 0 Å². The van der Waals surface area contributed by atoms with Gasteiger partial charge in [-0.15, -0.1) is 12.4 Å². The van der Waals surface area contributed by atoms with E-state index in [0.29, 0.717) is 18.0 Å². The Balaban J connectivity index is 0.00000324. The molecule has 108 valence electrons. The fourth-order valence-electron chi connectivity index (χ4n) is 1.34. The second-order valence-electron chi connectivity index (χ2n) is 4.06. The number of ether oxygens (including phenoxy) is 2. The van der Waals surface area contributed by atoms with Gasteiger partial charge in [0.05, 0.1) is 7.11 Å². The third-order valence-corrected chi connectivity index (χ3v) is 2.80. The molecule has 0 aliphatic rings. The standard InChI is InChI=1S/C13H20N2O3.ClH/c1-10(8-14)15(2)13(16)9-18-12-6-4-5-11(7-12)17-3;/h4-7,10H,8-9,14H2,1-3H3;1H. The Bertz CT molecular complexity index is 401. The summed E-state index contributed by atoms with van der Waals surface area (Å²) in [6.45, 7) is 2.32. The SMILES string of the molecule is COc1cccc(OCC(=O)N(C)C(C)CN)c1.Cl. The average molecular weight is 289 g/mol. The van der Waals surface area contributed by atoms with Gasteiger partial charge in [0.25, 0.3) is 5.91 Å². The van der Waals surface area contributed by atoms with Gasteiger partial charge in [0.2, 0.25) is 0 Å². The molecule has 2 N–H and O–H groups in total. The Morgan fingerprint density at radius 3 is 2.63 bits per heavy atom. The lowest BCUT2D eigenvalue weighted by Gasteiger charge is -2.23. The van der Waals surface area contributed by atoms with Gasteiger partial charge in [-0.05, 0) is 19.1 Å². The predicted molar refractivity (Wildman–Crippen MR) is 77.0 cm³/mol. The topological polar surface area (TPSA) is 64.8 Å². The van der Waals surface area contributed by atoms with E-state index in [-0.39, 0.29) is 31.0 Å². The molecule has 0 aromatic heterocycles. The molecule has 1 aromatic carbocycles. The number of carbonyl (C=O) groups is 1. The van der Waals surface area contributed by atoms with E-state index < -0.39 is 0 Å². The van der Waals surface area contributed by atoms with Crippen LogP contribution in [0.4, 0.5) is 0 Å². The molecule has 0 bridgehead atoms. The smallest absolute Gasteiger partial charge is 0.260 e. The van der Waals surface area contributed by atoms with E-state index in [1.54, 1.807) is 31.2 Å². The monoisotopic (exact) mass is 288 g/mol. The van der Waals surface area contributed by atoms with E-state index in [9.17, 15) is 4.79 Å². The Hall–Kier alpha value is -1.46. The van der Waals surface area contributed by atoms with E-state index in [2.05, 4.69) is 0 Å². The summed E-state index contributed by atoms with van der Waals surface area (Å²) in [6, 6.07) is 7.15. The Morgan fingerprint density at radius 2 is 2.05 bits per heavy atom. The second kappa shape index (κ2) is 8.61. The Kier molecular flexibility index (Phi) is 7.95. The van der Waals surface area contributed by atoms with E-state index >= 15 is 0 Å². The zero-order chi connectivity index (χ0) is 13.5. The maximum Gasteiger partial charge on any atom is 0.260 e. The van der Waals surface area contributed by atoms with Gasteiger partial charge in [0.1, 0.15) is 11.5 Å². The van der Waals surface area contributed by atoms with E-state index in [0.717, 1.165) is 0 Å². The van der Waals surface area contributed by atoms with Crippen molar-refractivity contribution in [1.29, 1.82) is 0 Å². The quantitative estimate of drug-likeness (QED) is 0.857. The Morgan fingerprint density at radius 1 is 1.42 bits per heavy atom. The molecule has 0 fully saturated rings. The summed E-state index contributed by atoms with van der Waals surface area (Å²) >= 11 is 0. The summed E-state index contributed by atoms with van der Waals surface area (Å²) in [4.78, 5) is 13.4. The van der Waals surface area contributed by atoms with Crippen LogP contribution < -0.4 is 15.2 Å². The van der Waals surface area contributed by atoms with Crippen molar-refractivity contribution < 1.29 is 14.3 Å². The van der Waals surface area contributed by atoms with Gasteiger partial charge in [-0.2, -0.15) is 0 Å². The van der Waals surface area contributed by atoms with Crippen molar-refractivity contribution in [3.05, 3.63) is 24.3 Å². The van der Waals surface area contributed by atoms with Crippen molar-refractivity contribution in [1.82, 2.24) is 4.90 Å². The van der Waals surface area contributed by atoms with Crippen molar-refractivity contribution >= 4 is 18.3 Å². The van der Waals surface area contributed by atoms with Gasteiger partial charge < -0.3 is 20.1 Å². The third kappa shape index (κ3) is 5.36. The minimum atomic E-state index is -0.101. The molecule has 19 heavy (non-hydrogen) atoms. The first kappa shape index (κ1) is 17.5. The number of hydrogen-bond donors (Lipinski definition) is 1. The van der Waals surface area contributed by atoms with Crippen molar-refractivity contribution in [2.24, 2.45) is 5.73 Å². The maximum absolute atomic E-state index is 11.8. The lowest BCUT2D eigenvalue weighted by atomic mass is 10.3. The molecule has 1 amide bonds. The molecule has 0 aliphatic heterocycles. The van der Waals surface area contributed by atoms with Crippen LogP contribution in [-0.4, -0.2) is 44.2 Å². The van der Waals surface area contributed by atoms with Gasteiger partial charge in [0.15, 0.2) is 6.61 Å². The minimum Gasteiger partial charge on any atom is -0.497 e. The average Bonchev–Trinajstić information content (AvgIpc) is 2.43. The molecule has 1 atom stereocenters. The molecule has 0 saturated heterocycles. The summed E-state index contributed by atoms with van der Waals surface area (Å²) in [5.74, 6) is 1.20. The van der Waals surface area contributed by atoms with Crippen molar-refractivity contribution in [2.45, 2.75) is 13.0 Å². The minimum absolute atomic E-state index is 0. The fraction of sp³-hybridized carbons (Fsp3) is 0.462. The maximum atomic E-state index is 11.8. The summed E-state index contributed by atoms with van der Waals surface area (Å²) in [5, 5.41) is 0. The largest absolute Gasteiger partial charge is 0.497 e. The van der Waals surface area contributed by atoms with Gasteiger partial charge in [-0.25, -0.2) is 0 Å². The zero-order valence-corrected chi connectivity index (χ0v) is 12.3. The molecule has 0 heterocycles. The van der Waals surface area contributed by atoms with Crippen molar-refractivity contribution in [2.75, 3.05) is 27.3 Å². The number of benzene rings is 1. The van der Waals surface area contributed by atoms with Gasteiger partial charge >= 0.3 is 0 Å². The molecule has 5 nitrogen and oxygen atoms in total. The normalized spacial score (nSPS) is 11.2. The number of hydrogen-bond acceptors (Lipinski definition) is 4. The van der Waals surface area contributed by atoms with Crippen LogP contribution >= 0.6 is 12.4 Å². The summed E-state index contributed by atoms with van der Waals surface area (Å²) < 4.78 is 10.5. The van der Waals surface area contributed by atoms with Crippen LogP contribution in [-0.2, 0) is 4.79 Å². The van der Waals surface area contributed by atoms with Crippen LogP contribution in [0, 0.1) is 0 Å². The summed E-state index contributed by atoms with van der Waals surface area (Å²) in [7, 11) is 3.30. The molecule has 0 spiro atoms. The van der Waals surface area contributed by atoms with Gasteiger partial charge in [-0.1, -0.05) is 6.07 Å². The number of methoxy groups -OCH3 is 1. The van der Waals surface area contributed by atoms with Crippen LogP contribution in [0.5, 0.6) is 11.5 Å². The highest BCUT2D eigenvalue weighted by Gasteiger charge is 2.14. The molecule has 0 saturated carbocycles. The number of nitrogens with zero attached hydrogens (tertiary/aromatic N) is 1. The highest BCUT2D eigenvalue weighted by Crippen LogP contribution is 2.18. The number of nitrogens with two attached hydrogens (primary N) is 1. The predicted octanol–water partition coefficient (Wildman–Crippen LogP) is 1.30. The molecule has 1 aromatic rings. The van der Waals surface area contributed by atoms with Crippen LogP contribution in [0.3, 0.4) is 0 Å². The molecule has 1 rings (SSSR count). The highest BCUT2D eigenvalue weighted by molar-refractivity contribution is 5.85. The summed E-state index contributed by atoms with van der Waals surface area (Å²) in [6.07, 6.45) is 0. The van der Waals surface area contributed by atoms with Crippen LogP contribution in [0.15, 0.2) is 24.3 Å². The van der Waals surface area contributed by atoms with Gasteiger partial charge in [-0.3, -0.25) is 4.79 Å². The fourth-order valence-corrected chi connectivity index (χ4v) is 1.34. The number of halogens is 1. The lowest BCUT2D eigenvalue weighted by Crippen LogP contribution is -2.42. The van der Waals surface area contributed by atoms with E-state index in [4.69, 9.17) is 15.2 Å². The Labute approximate surface area is 120 Å². The van der Waals surface area contributed by atoms with Crippen LogP contribution in [0.25, 0.3) is 0 Å². The molecule has 0 aliphatic carbocycles. The highest BCUT2D eigenvalue weighted by atomic mass is 35.5. The van der Waals surface area contributed by atoms with Gasteiger partial charge in [0, 0.05) is 25.7 Å². The zero-order valence-electron chi connectivity index (χ0n) is 11.5. The first-order chi connectivity index (χ1) is 8.58. The third-order valence-electron chi connectivity index (χ3n) is 2.80. The van der Waals surface area contributed by atoms with Crippen LogP contribution in [0.1, 0.15) is 6.92 Å². The lowest BCUT2D eigenvalue weighted by molar-refractivity contribution is -0.133.